The second-order valence-corrected chi connectivity index (χ2v) is 5.44. The predicted octanol–water partition coefficient (Wildman–Crippen LogP) is 0.157. The fourth-order valence-electron chi connectivity index (χ4n) is 1.91. The van der Waals surface area contributed by atoms with E-state index in [2.05, 4.69) is 43.8 Å². The summed E-state index contributed by atoms with van der Waals surface area (Å²) < 4.78 is 5.33. The largest absolute Gasteiger partial charge is 0.378 e. The van der Waals surface area contributed by atoms with Gasteiger partial charge >= 0.3 is 0 Å². The normalized spacial score (nSPS) is 16.9. The summed E-state index contributed by atoms with van der Waals surface area (Å²) in [7, 11) is 0. The van der Waals surface area contributed by atoms with E-state index in [1.165, 1.54) is 0 Å². The third-order valence-electron chi connectivity index (χ3n) is 2.84. The zero-order chi connectivity index (χ0) is 14.4. The van der Waals surface area contributed by atoms with E-state index in [1.54, 1.807) is 11.8 Å². The minimum atomic E-state index is 0.274. The third kappa shape index (κ3) is 4.09. The van der Waals surface area contributed by atoms with Crippen LogP contribution in [0.25, 0.3) is 0 Å². The molecular formula is C11H21N7OS. The molecule has 1 aromatic heterocycles. The number of morpholine rings is 1. The summed E-state index contributed by atoms with van der Waals surface area (Å²) >= 11 is 1.77. The number of thioether (sulfide) groups is 1. The molecule has 112 valence electrons. The summed E-state index contributed by atoms with van der Waals surface area (Å²) in [6.45, 7) is 5.00. The molecule has 1 aliphatic rings. The number of nitrogens with one attached hydrogen (secondary N) is 2. The molecule has 1 fully saturated rings. The maximum absolute atomic E-state index is 5.43. The number of anilines is 3. The quantitative estimate of drug-likeness (QED) is 0.500. The molecule has 2 rings (SSSR count). The Morgan fingerprint density at radius 2 is 2.00 bits per heavy atom. The van der Waals surface area contributed by atoms with Gasteiger partial charge in [-0.1, -0.05) is 0 Å². The Morgan fingerprint density at radius 1 is 1.30 bits per heavy atom. The molecule has 1 saturated heterocycles. The molecule has 4 N–H and O–H groups in total. The lowest BCUT2D eigenvalue weighted by Gasteiger charge is -2.27. The third-order valence-corrected chi connectivity index (χ3v) is 3.67. The van der Waals surface area contributed by atoms with Gasteiger partial charge in [0.25, 0.3) is 0 Å². The molecule has 0 spiro atoms. The SMILES string of the molecule is CSCC(C)Nc1nc(NN)nc(N2CCOCC2)n1. The molecular weight excluding hydrogens is 278 g/mol. The number of hydrogen-bond acceptors (Lipinski definition) is 9. The predicted molar refractivity (Wildman–Crippen MR) is 82.1 cm³/mol. The molecule has 0 bridgehead atoms. The van der Waals surface area contributed by atoms with Gasteiger partial charge in [0.05, 0.1) is 13.2 Å². The van der Waals surface area contributed by atoms with Gasteiger partial charge in [0.1, 0.15) is 0 Å². The zero-order valence-corrected chi connectivity index (χ0v) is 12.6. The van der Waals surface area contributed by atoms with E-state index >= 15 is 0 Å². The molecule has 0 aliphatic carbocycles. The summed E-state index contributed by atoms with van der Waals surface area (Å²) in [5.74, 6) is 7.92. The van der Waals surface area contributed by atoms with Gasteiger partial charge in [-0.25, -0.2) is 5.84 Å². The maximum atomic E-state index is 5.43. The number of rotatable bonds is 6. The minimum absolute atomic E-state index is 0.274. The van der Waals surface area contributed by atoms with Crippen LogP contribution in [0.2, 0.25) is 0 Å². The van der Waals surface area contributed by atoms with Crippen molar-refractivity contribution in [3.05, 3.63) is 0 Å². The van der Waals surface area contributed by atoms with Crippen molar-refractivity contribution in [3.63, 3.8) is 0 Å². The van der Waals surface area contributed by atoms with Crippen molar-refractivity contribution in [2.24, 2.45) is 5.84 Å². The first-order chi connectivity index (χ1) is 9.72. The highest BCUT2D eigenvalue weighted by atomic mass is 32.2. The van der Waals surface area contributed by atoms with Crippen LogP contribution in [0.3, 0.4) is 0 Å². The highest BCUT2D eigenvalue weighted by Crippen LogP contribution is 2.15. The van der Waals surface area contributed by atoms with Crippen LogP contribution in [0.15, 0.2) is 0 Å². The van der Waals surface area contributed by atoms with Gasteiger partial charge in [-0.2, -0.15) is 26.7 Å². The van der Waals surface area contributed by atoms with Gasteiger partial charge in [0, 0.05) is 24.9 Å². The molecule has 8 nitrogen and oxygen atoms in total. The van der Waals surface area contributed by atoms with Crippen molar-refractivity contribution in [3.8, 4) is 0 Å². The van der Waals surface area contributed by atoms with E-state index in [1.807, 2.05) is 0 Å². The molecule has 1 aromatic rings. The number of aromatic nitrogens is 3. The van der Waals surface area contributed by atoms with Crippen LogP contribution < -0.4 is 21.5 Å². The zero-order valence-electron chi connectivity index (χ0n) is 11.8. The van der Waals surface area contributed by atoms with E-state index in [9.17, 15) is 0 Å². The Hall–Kier alpha value is -1.32. The van der Waals surface area contributed by atoms with Crippen LogP contribution in [-0.4, -0.2) is 59.3 Å². The molecule has 0 aromatic carbocycles. The van der Waals surface area contributed by atoms with Gasteiger partial charge in [0.15, 0.2) is 0 Å². The molecule has 0 amide bonds. The summed E-state index contributed by atoms with van der Waals surface area (Å²) in [4.78, 5) is 15.1. The van der Waals surface area contributed by atoms with Crippen molar-refractivity contribution >= 4 is 29.6 Å². The van der Waals surface area contributed by atoms with Crippen LogP contribution >= 0.6 is 11.8 Å². The topological polar surface area (TPSA) is 101 Å². The lowest BCUT2D eigenvalue weighted by Crippen LogP contribution is -2.38. The highest BCUT2D eigenvalue weighted by Gasteiger charge is 2.16. The van der Waals surface area contributed by atoms with E-state index < -0.39 is 0 Å². The van der Waals surface area contributed by atoms with Crippen LogP contribution in [-0.2, 0) is 4.74 Å². The minimum Gasteiger partial charge on any atom is -0.378 e. The highest BCUT2D eigenvalue weighted by molar-refractivity contribution is 7.98. The number of nitrogens with two attached hydrogens (primary N) is 1. The van der Waals surface area contributed by atoms with Gasteiger partial charge in [0.2, 0.25) is 17.8 Å². The van der Waals surface area contributed by atoms with E-state index in [-0.39, 0.29) is 6.04 Å². The molecule has 9 heteroatoms. The molecule has 1 unspecified atom stereocenters. The standard InChI is InChI=1S/C11H21N7OS/c1-8(7-20-2)13-9-14-10(17-12)16-11(15-9)18-3-5-19-6-4-18/h8H,3-7,12H2,1-2H3,(H2,13,14,15,16,17). The molecule has 1 aliphatic heterocycles. The van der Waals surface area contributed by atoms with Crippen molar-refractivity contribution in [1.29, 1.82) is 0 Å². The molecule has 0 radical (unpaired) electrons. The van der Waals surface area contributed by atoms with Gasteiger partial charge < -0.3 is 15.0 Å². The van der Waals surface area contributed by atoms with Crippen molar-refractivity contribution in [2.75, 3.05) is 54.0 Å². The van der Waals surface area contributed by atoms with Crippen LogP contribution in [0.4, 0.5) is 17.8 Å². The molecule has 2 heterocycles. The fraction of sp³-hybridized carbons (Fsp3) is 0.727. The first-order valence-electron chi connectivity index (χ1n) is 6.53. The van der Waals surface area contributed by atoms with Crippen LogP contribution in [0, 0.1) is 0 Å². The van der Waals surface area contributed by atoms with Crippen molar-refractivity contribution < 1.29 is 4.74 Å². The van der Waals surface area contributed by atoms with E-state index in [0.29, 0.717) is 31.1 Å². The second kappa shape index (κ2) is 7.46. The van der Waals surface area contributed by atoms with Gasteiger partial charge in [-0.15, -0.1) is 0 Å². The Kier molecular flexibility index (Phi) is 5.62. The summed E-state index contributed by atoms with van der Waals surface area (Å²) in [5, 5.41) is 3.26. The average Bonchev–Trinajstić information content (AvgIpc) is 2.48. The fourth-order valence-corrected chi connectivity index (χ4v) is 2.49. The monoisotopic (exact) mass is 299 g/mol. The Bertz CT molecular complexity index is 427. The van der Waals surface area contributed by atoms with Crippen LogP contribution in [0.5, 0.6) is 0 Å². The molecule has 0 saturated carbocycles. The van der Waals surface area contributed by atoms with Crippen molar-refractivity contribution in [2.45, 2.75) is 13.0 Å². The first-order valence-corrected chi connectivity index (χ1v) is 7.93. The van der Waals surface area contributed by atoms with Gasteiger partial charge in [-0.3, -0.25) is 5.43 Å². The lowest BCUT2D eigenvalue weighted by molar-refractivity contribution is 0.122. The molecule has 20 heavy (non-hydrogen) atoms. The summed E-state index contributed by atoms with van der Waals surface area (Å²) in [5.41, 5.74) is 2.49. The number of nitrogen functional groups attached to an aromatic ring is 1. The number of hydrogen-bond donors (Lipinski definition) is 3. The maximum Gasteiger partial charge on any atom is 0.243 e. The number of nitrogens with zero attached hydrogens (tertiary/aromatic N) is 4. The first kappa shape index (κ1) is 15.1. The van der Waals surface area contributed by atoms with Crippen LogP contribution in [0.1, 0.15) is 6.92 Å². The number of hydrazine groups is 1. The summed E-state index contributed by atoms with van der Waals surface area (Å²) in [6, 6.07) is 0.274. The van der Waals surface area contributed by atoms with Crippen molar-refractivity contribution in [1.82, 2.24) is 15.0 Å². The summed E-state index contributed by atoms with van der Waals surface area (Å²) in [6.07, 6.45) is 2.07. The number of ether oxygens (including phenoxy) is 1. The average molecular weight is 299 g/mol. The van der Waals surface area contributed by atoms with E-state index in [4.69, 9.17) is 10.6 Å². The smallest absolute Gasteiger partial charge is 0.243 e. The Morgan fingerprint density at radius 3 is 2.65 bits per heavy atom. The van der Waals surface area contributed by atoms with E-state index in [0.717, 1.165) is 18.8 Å². The Balaban J connectivity index is 2.14. The Labute approximate surface area is 122 Å². The second-order valence-electron chi connectivity index (χ2n) is 4.53. The molecule has 1 atom stereocenters. The lowest BCUT2D eigenvalue weighted by atomic mass is 10.4. The van der Waals surface area contributed by atoms with Gasteiger partial charge in [-0.05, 0) is 13.2 Å².